The summed E-state index contributed by atoms with van der Waals surface area (Å²) >= 11 is 0. The van der Waals surface area contributed by atoms with Crippen LogP contribution in [0.2, 0.25) is 25.7 Å². The van der Waals surface area contributed by atoms with Crippen molar-refractivity contribution < 1.29 is 33.3 Å². The number of ether oxygens (including phenoxy) is 5. The van der Waals surface area contributed by atoms with Crippen LogP contribution in [0.3, 0.4) is 0 Å². The van der Waals surface area contributed by atoms with Gasteiger partial charge < -0.3 is 23.7 Å². The van der Waals surface area contributed by atoms with Crippen LogP contribution in [0.15, 0.2) is 48.5 Å². The Morgan fingerprint density at radius 2 is 1.74 bits per heavy atom. The number of nitrogens with zero attached hydrogens (tertiary/aromatic N) is 3. The number of carbonyl (C=O) groups excluding carboxylic acids is 2. The summed E-state index contributed by atoms with van der Waals surface area (Å²) in [7, 11) is 1.74. The lowest BCUT2D eigenvalue weighted by molar-refractivity contribution is 0.0202. The number of para-hydroxylation sites is 1. The Morgan fingerprint density at radius 3 is 2.40 bits per heavy atom. The lowest BCUT2D eigenvalue weighted by Gasteiger charge is -2.21. The number of hydrogen-bond donors (Lipinski definition) is 0. The van der Waals surface area contributed by atoms with E-state index in [2.05, 4.69) is 29.8 Å². The summed E-state index contributed by atoms with van der Waals surface area (Å²) in [6, 6.07) is 15.5. The van der Waals surface area contributed by atoms with E-state index in [1.54, 1.807) is 18.2 Å². The van der Waals surface area contributed by atoms with E-state index in [1.165, 1.54) is 18.8 Å². The first-order valence-electron chi connectivity index (χ1n) is 14.0. The Balaban J connectivity index is 1.76. The van der Waals surface area contributed by atoms with E-state index in [4.69, 9.17) is 23.7 Å². The highest BCUT2D eigenvalue weighted by atomic mass is 28.3. The first-order valence-corrected chi connectivity index (χ1v) is 17.7. The number of rotatable bonds is 11. The molecule has 0 saturated heterocycles. The molecule has 0 bridgehead atoms. The highest BCUT2D eigenvalue weighted by Gasteiger charge is 2.26. The normalized spacial score (nSPS) is 11.8. The molecule has 2 aromatic heterocycles. The molecule has 11 heteroatoms. The number of hydrogen-bond acceptors (Lipinski definition) is 9. The minimum Gasteiger partial charge on any atom is -0.493 e. The third-order valence-corrected chi connectivity index (χ3v) is 8.23. The maximum atomic E-state index is 13.5. The summed E-state index contributed by atoms with van der Waals surface area (Å²) in [4.78, 5) is 25.6. The molecule has 0 atom stereocenters. The first kappa shape index (κ1) is 31.7. The highest BCUT2D eigenvalue weighted by molar-refractivity contribution is 6.76. The highest BCUT2D eigenvalue weighted by Crippen LogP contribution is 2.39. The van der Waals surface area contributed by atoms with Gasteiger partial charge in [-0.3, -0.25) is 4.79 Å². The van der Waals surface area contributed by atoms with Crippen LogP contribution in [0.5, 0.6) is 17.4 Å². The molecule has 10 nitrogen and oxygen atoms in total. The maximum Gasteiger partial charge on any atom is 0.419 e. The number of aldehydes is 1. The van der Waals surface area contributed by atoms with Gasteiger partial charge in [-0.05, 0) is 57.1 Å². The first-order chi connectivity index (χ1) is 20.3. The Hall–Kier alpha value is -4.22. The molecule has 43 heavy (non-hydrogen) atoms. The molecule has 0 N–H and O–H groups in total. The van der Waals surface area contributed by atoms with E-state index in [1.807, 2.05) is 51.1 Å². The van der Waals surface area contributed by atoms with Crippen LogP contribution < -0.4 is 14.2 Å². The predicted molar refractivity (Wildman–Crippen MR) is 168 cm³/mol. The van der Waals surface area contributed by atoms with Crippen molar-refractivity contribution in [3.63, 3.8) is 0 Å². The zero-order valence-electron chi connectivity index (χ0n) is 26.0. The Kier molecular flexibility index (Phi) is 9.56. The van der Waals surface area contributed by atoms with Gasteiger partial charge in [0.15, 0.2) is 24.6 Å². The average molecular weight is 606 g/mol. The lowest BCUT2D eigenvalue weighted by Crippen LogP contribution is -2.27. The fourth-order valence-corrected chi connectivity index (χ4v) is 5.17. The third kappa shape index (κ3) is 7.60. The van der Waals surface area contributed by atoms with Crippen LogP contribution in [-0.2, 0) is 9.47 Å². The fraction of sp³-hybridized carbons (Fsp3) is 0.375. The number of aromatic nitrogens is 3. The SMILES string of the molecule is COc1cc(-c2cc(-c3cc4ccccc4n3C(=O)OC(C)(C)C)c(OC)nn2)cc(C=O)c1OCOCC[Si](C)(C)C. The van der Waals surface area contributed by atoms with Gasteiger partial charge in [-0.2, -0.15) is 0 Å². The van der Waals surface area contributed by atoms with Crippen molar-refractivity contribution in [3.8, 4) is 39.9 Å². The topological polar surface area (TPSA) is 111 Å². The minimum atomic E-state index is -1.24. The van der Waals surface area contributed by atoms with Crippen molar-refractivity contribution in [3.05, 3.63) is 54.1 Å². The van der Waals surface area contributed by atoms with Crippen molar-refractivity contribution in [1.29, 1.82) is 0 Å². The van der Waals surface area contributed by atoms with Gasteiger partial charge in [-0.25, -0.2) is 9.36 Å². The van der Waals surface area contributed by atoms with Gasteiger partial charge in [-0.1, -0.05) is 37.8 Å². The zero-order valence-corrected chi connectivity index (χ0v) is 27.0. The zero-order chi connectivity index (χ0) is 31.4. The van der Waals surface area contributed by atoms with E-state index >= 15 is 0 Å². The van der Waals surface area contributed by atoms with Crippen LogP contribution in [0.25, 0.3) is 33.4 Å². The molecule has 0 fully saturated rings. The van der Waals surface area contributed by atoms with E-state index in [0.717, 1.165) is 11.4 Å². The van der Waals surface area contributed by atoms with Gasteiger partial charge in [0.25, 0.3) is 0 Å². The molecule has 0 unspecified atom stereocenters. The van der Waals surface area contributed by atoms with Gasteiger partial charge >= 0.3 is 6.09 Å². The van der Waals surface area contributed by atoms with Crippen LogP contribution in [0.1, 0.15) is 31.1 Å². The summed E-state index contributed by atoms with van der Waals surface area (Å²) in [6.45, 7) is 12.8. The largest absolute Gasteiger partial charge is 0.493 e. The van der Waals surface area contributed by atoms with Gasteiger partial charge in [0.05, 0.1) is 42.3 Å². The Bertz CT molecular complexity index is 1620. The molecule has 228 valence electrons. The minimum absolute atomic E-state index is 0.0112. The molecule has 2 heterocycles. The number of benzene rings is 2. The second-order valence-corrected chi connectivity index (χ2v) is 17.9. The molecule has 0 aliphatic carbocycles. The summed E-state index contributed by atoms with van der Waals surface area (Å²) in [6.07, 6.45) is 0.157. The van der Waals surface area contributed by atoms with E-state index < -0.39 is 19.8 Å². The maximum absolute atomic E-state index is 13.5. The molecule has 0 spiro atoms. The average Bonchev–Trinajstić information content (AvgIpc) is 3.34. The quantitative estimate of drug-likeness (QED) is 0.0767. The van der Waals surface area contributed by atoms with Crippen molar-refractivity contribution >= 4 is 31.4 Å². The molecular formula is C32H39N3O7Si. The molecule has 0 amide bonds. The molecule has 0 radical (unpaired) electrons. The standard InChI is InChI=1S/C32H39N3O7Si/c1-32(2,3)42-31(37)35-26-12-10-9-11-21(26)16-27(35)24-18-25(33-34-30(24)39-5)22-15-23(19-36)29(28(17-22)38-4)41-20-40-13-14-43(6,7)8/h9-12,15-19H,13-14,20H2,1-8H3. The van der Waals surface area contributed by atoms with Crippen LogP contribution in [0, 0.1) is 0 Å². The second kappa shape index (κ2) is 13.0. The predicted octanol–water partition coefficient (Wildman–Crippen LogP) is 7.07. The second-order valence-electron chi connectivity index (χ2n) is 12.3. The van der Waals surface area contributed by atoms with Gasteiger partial charge in [0.2, 0.25) is 5.88 Å². The lowest BCUT2D eigenvalue weighted by atomic mass is 10.0. The number of methoxy groups -OCH3 is 2. The Morgan fingerprint density at radius 1 is 1.00 bits per heavy atom. The van der Waals surface area contributed by atoms with Crippen LogP contribution in [0.4, 0.5) is 4.79 Å². The van der Waals surface area contributed by atoms with Gasteiger partial charge in [0, 0.05) is 25.6 Å². The molecule has 0 saturated carbocycles. The van der Waals surface area contributed by atoms with Crippen molar-refractivity contribution in [2.24, 2.45) is 0 Å². The van der Waals surface area contributed by atoms with Crippen molar-refractivity contribution in [2.75, 3.05) is 27.6 Å². The molecule has 0 aliphatic heterocycles. The number of fused-ring (bicyclic) bond motifs is 1. The summed E-state index contributed by atoms with van der Waals surface area (Å²) in [5.41, 5.74) is 2.24. The van der Waals surface area contributed by atoms with Crippen molar-refractivity contribution in [1.82, 2.24) is 14.8 Å². The number of carbonyl (C=O) groups is 2. The molecular weight excluding hydrogens is 566 g/mol. The van der Waals surface area contributed by atoms with Gasteiger partial charge in [0.1, 0.15) is 5.60 Å². The van der Waals surface area contributed by atoms with E-state index in [-0.39, 0.29) is 24.0 Å². The van der Waals surface area contributed by atoms with E-state index in [0.29, 0.717) is 46.7 Å². The van der Waals surface area contributed by atoms with Crippen LogP contribution >= 0.6 is 0 Å². The van der Waals surface area contributed by atoms with E-state index in [9.17, 15) is 9.59 Å². The molecule has 2 aromatic carbocycles. The van der Waals surface area contributed by atoms with Crippen LogP contribution in [-0.4, -0.2) is 68.4 Å². The summed E-state index contributed by atoms with van der Waals surface area (Å²) in [5, 5.41) is 9.49. The third-order valence-electron chi connectivity index (χ3n) is 6.53. The fourth-order valence-electron chi connectivity index (χ4n) is 4.42. The smallest absolute Gasteiger partial charge is 0.419 e. The van der Waals surface area contributed by atoms with Gasteiger partial charge in [-0.15, -0.1) is 10.2 Å². The summed E-state index contributed by atoms with van der Waals surface area (Å²) in [5.74, 6) is 0.839. The van der Waals surface area contributed by atoms with Crippen molar-refractivity contribution in [2.45, 2.75) is 52.1 Å². The molecule has 0 aliphatic rings. The Labute approximate surface area is 252 Å². The molecule has 4 rings (SSSR count). The summed E-state index contributed by atoms with van der Waals surface area (Å²) < 4.78 is 29.9. The molecule has 4 aromatic rings. The monoisotopic (exact) mass is 605 g/mol.